The summed E-state index contributed by atoms with van der Waals surface area (Å²) in [6.07, 6.45) is 0. The predicted molar refractivity (Wildman–Crippen MR) is 52.1 cm³/mol. The van der Waals surface area contributed by atoms with E-state index in [1.807, 2.05) is 24.3 Å². The molecule has 0 atom stereocenters. The van der Waals surface area contributed by atoms with E-state index in [-0.39, 0.29) is 5.56 Å². The number of H-pyrrole nitrogens is 1. The van der Waals surface area contributed by atoms with Crippen molar-refractivity contribution < 1.29 is 4.52 Å². The molecule has 0 fully saturated rings. The van der Waals surface area contributed by atoms with Crippen molar-refractivity contribution in [2.24, 2.45) is 0 Å². The molecule has 0 unspecified atom stereocenters. The molecule has 0 aliphatic rings. The summed E-state index contributed by atoms with van der Waals surface area (Å²) in [4.78, 5) is 15.4. The van der Waals surface area contributed by atoms with Crippen LogP contribution >= 0.6 is 0 Å². The summed E-state index contributed by atoms with van der Waals surface area (Å²) in [5, 5.41) is 3.68. The first-order chi connectivity index (χ1) is 6.84. The summed E-state index contributed by atoms with van der Waals surface area (Å²) >= 11 is 0. The topological polar surface area (TPSA) is 58.9 Å². The maximum absolute atomic E-state index is 11.2. The van der Waals surface area contributed by atoms with Crippen LogP contribution in [0.15, 0.2) is 39.6 Å². The van der Waals surface area contributed by atoms with Crippen molar-refractivity contribution >= 4 is 22.0 Å². The molecule has 0 amide bonds. The van der Waals surface area contributed by atoms with Crippen molar-refractivity contribution in [3.63, 3.8) is 0 Å². The Bertz CT molecular complexity index is 666. The lowest BCUT2D eigenvalue weighted by atomic mass is 10.2. The monoisotopic (exact) mass is 186 g/mol. The molecule has 3 rings (SSSR count). The van der Waals surface area contributed by atoms with Crippen LogP contribution in [0.1, 0.15) is 0 Å². The molecule has 14 heavy (non-hydrogen) atoms. The van der Waals surface area contributed by atoms with E-state index in [1.54, 1.807) is 6.07 Å². The lowest BCUT2D eigenvalue weighted by molar-refractivity contribution is 0.442. The lowest BCUT2D eigenvalue weighted by Gasteiger charge is -1.93. The molecule has 0 aliphatic carbocycles. The van der Waals surface area contributed by atoms with E-state index in [1.165, 1.54) is 0 Å². The van der Waals surface area contributed by atoms with E-state index in [9.17, 15) is 4.79 Å². The Labute approximate surface area is 78.1 Å². The second-order valence-electron chi connectivity index (χ2n) is 3.07. The highest BCUT2D eigenvalue weighted by Gasteiger charge is 2.05. The molecule has 0 saturated heterocycles. The SMILES string of the molecule is O=c1[nH]oc2nc3ccccc3cc12. The van der Waals surface area contributed by atoms with Gasteiger partial charge in [-0.2, -0.15) is 5.16 Å². The van der Waals surface area contributed by atoms with Gasteiger partial charge in [0.15, 0.2) is 0 Å². The molecule has 0 bridgehead atoms. The van der Waals surface area contributed by atoms with Crippen molar-refractivity contribution in [3.8, 4) is 0 Å². The Morgan fingerprint density at radius 1 is 1.29 bits per heavy atom. The lowest BCUT2D eigenvalue weighted by Crippen LogP contribution is -1.96. The van der Waals surface area contributed by atoms with Gasteiger partial charge in [0.1, 0.15) is 5.39 Å². The van der Waals surface area contributed by atoms with Gasteiger partial charge in [-0.3, -0.25) is 4.79 Å². The number of hydrogen-bond acceptors (Lipinski definition) is 3. The number of rotatable bonds is 0. The van der Waals surface area contributed by atoms with Crippen LogP contribution in [-0.2, 0) is 0 Å². The Morgan fingerprint density at radius 3 is 3.07 bits per heavy atom. The maximum Gasteiger partial charge on any atom is 0.289 e. The second kappa shape index (κ2) is 2.45. The Kier molecular flexibility index (Phi) is 1.28. The van der Waals surface area contributed by atoms with E-state index >= 15 is 0 Å². The first-order valence-corrected chi connectivity index (χ1v) is 4.21. The summed E-state index contributed by atoms with van der Waals surface area (Å²) in [6.45, 7) is 0. The standard InChI is InChI=1S/C10H6N2O2/c13-9-7-5-6-3-1-2-4-8(6)11-10(7)14-12-9/h1-5H,(H,12,13). The average molecular weight is 186 g/mol. The molecule has 2 aromatic heterocycles. The molecule has 3 aromatic rings. The van der Waals surface area contributed by atoms with Crippen LogP contribution in [0.2, 0.25) is 0 Å². The van der Waals surface area contributed by atoms with Crippen molar-refractivity contribution in [2.45, 2.75) is 0 Å². The third-order valence-electron chi connectivity index (χ3n) is 2.17. The van der Waals surface area contributed by atoms with Crippen molar-refractivity contribution in [3.05, 3.63) is 40.7 Å². The number of nitrogens with zero attached hydrogens (tertiary/aromatic N) is 1. The number of benzene rings is 1. The Morgan fingerprint density at radius 2 is 2.14 bits per heavy atom. The van der Waals surface area contributed by atoms with E-state index in [0.29, 0.717) is 11.1 Å². The van der Waals surface area contributed by atoms with Crippen LogP contribution in [-0.4, -0.2) is 10.1 Å². The number of para-hydroxylation sites is 1. The summed E-state index contributed by atoms with van der Waals surface area (Å²) in [7, 11) is 0. The number of pyridine rings is 1. The minimum atomic E-state index is -0.238. The van der Waals surface area contributed by atoms with Gasteiger partial charge in [0.2, 0.25) is 0 Å². The highest BCUT2D eigenvalue weighted by atomic mass is 16.5. The summed E-state index contributed by atoms with van der Waals surface area (Å²) < 4.78 is 4.91. The minimum Gasteiger partial charge on any atom is -0.358 e. The van der Waals surface area contributed by atoms with Gasteiger partial charge in [-0.1, -0.05) is 18.2 Å². The van der Waals surface area contributed by atoms with E-state index in [0.717, 1.165) is 10.9 Å². The molecule has 4 heteroatoms. The third-order valence-corrected chi connectivity index (χ3v) is 2.17. The Hall–Kier alpha value is -2.10. The highest BCUT2D eigenvalue weighted by Crippen LogP contribution is 2.15. The largest absolute Gasteiger partial charge is 0.358 e. The fourth-order valence-electron chi connectivity index (χ4n) is 1.49. The molecular formula is C10H6N2O2. The molecule has 0 saturated carbocycles. The zero-order chi connectivity index (χ0) is 9.54. The average Bonchev–Trinajstić information content (AvgIpc) is 2.57. The number of fused-ring (bicyclic) bond motifs is 2. The van der Waals surface area contributed by atoms with Gasteiger partial charge < -0.3 is 4.52 Å². The van der Waals surface area contributed by atoms with Gasteiger partial charge in [-0.15, -0.1) is 0 Å². The molecule has 0 aliphatic heterocycles. The molecule has 4 nitrogen and oxygen atoms in total. The fourth-order valence-corrected chi connectivity index (χ4v) is 1.49. The number of aromatic nitrogens is 2. The molecule has 0 spiro atoms. The smallest absolute Gasteiger partial charge is 0.289 e. The van der Waals surface area contributed by atoms with E-state index in [4.69, 9.17) is 4.52 Å². The molecule has 1 aromatic carbocycles. The quantitative estimate of drug-likeness (QED) is 0.581. The van der Waals surface area contributed by atoms with Gasteiger partial charge in [-0.05, 0) is 12.1 Å². The van der Waals surface area contributed by atoms with Crippen LogP contribution < -0.4 is 5.56 Å². The zero-order valence-electron chi connectivity index (χ0n) is 7.15. The van der Waals surface area contributed by atoms with Crippen LogP contribution in [0.3, 0.4) is 0 Å². The molecule has 0 radical (unpaired) electrons. The zero-order valence-corrected chi connectivity index (χ0v) is 7.15. The molecule has 68 valence electrons. The van der Waals surface area contributed by atoms with E-state index in [2.05, 4.69) is 10.1 Å². The normalized spacial score (nSPS) is 11.1. The summed E-state index contributed by atoms with van der Waals surface area (Å²) in [5.41, 5.74) is 0.940. The van der Waals surface area contributed by atoms with Crippen LogP contribution in [0.5, 0.6) is 0 Å². The number of nitrogens with one attached hydrogen (secondary N) is 1. The van der Waals surface area contributed by atoms with Crippen molar-refractivity contribution in [1.82, 2.24) is 10.1 Å². The number of hydrogen-bond donors (Lipinski definition) is 1. The Balaban J connectivity index is 2.61. The summed E-state index contributed by atoms with van der Waals surface area (Å²) in [6, 6.07) is 9.37. The molecule has 1 N–H and O–H groups in total. The van der Waals surface area contributed by atoms with Crippen LogP contribution in [0.4, 0.5) is 0 Å². The molecule has 2 heterocycles. The first kappa shape index (κ1) is 7.32. The highest BCUT2D eigenvalue weighted by molar-refractivity contribution is 5.89. The van der Waals surface area contributed by atoms with Gasteiger partial charge >= 0.3 is 0 Å². The first-order valence-electron chi connectivity index (χ1n) is 4.21. The summed E-state index contributed by atoms with van der Waals surface area (Å²) in [5.74, 6) is 0. The van der Waals surface area contributed by atoms with E-state index < -0.39 is 0 Å². The minimum absolute atomic E-state index is 0.238. The van der Waals surface area contributed by atoms with Gasteiger partial charge in [0.05, 0.1) is 5.52 Å². The second-order valence-corrected chi connectivity index (χ2v) is 3.07. The molecular weight excluding hydrogens is 180 g/mol. The van der Waals surface area contributed by atoms with Crippen LogP contribution in [0.25, 0.3) is 22.0 Å². The number of aromatic amines is 1. The predicted octanol–water partition coefficient (Wildman–Crippen LogP) is 1.67. The fraction of sp³-hybridized carbons (Fsp3) is 0. The maximum atomic E-state index is 11.2. The third kappa shape index (κ3) is 0.877. The van der Waals surface area contributed by atoms with Crippen molar-refractivity contribution in [1.29, 1.82) is 0 Å². The van der Waals surface area contributed by atoms with Gasteiger partial charge in [0.25, 0.3) is 11.3 Å². The van der Waals surface area contributed by atoms with Crippen molar-refractivity contribution in [2.75, 3.05) is 0 Å². The van der Waals surface area contributed by atoms with Gasteiger partial charge in [0, 0.05) is 5.39 Å². The van der Waals surface area contributed by atoms with Crippen LogP contribution in [0, 0.1) is 0 Å². The van der Waals surface area contributed by atoms with Gasteiger partial charge in [-0.25, -0.2) is 4.98 Å².